The van der Waals surface area contributed by atoms with Crippen molar-refractivity contribution in [3.63, 3.8) is 0 Å². The minimum atomic E-state index is -3.15. The van der Waals surface area contributed by atoms with Gasteiger partial charge in [0.2, 0.25) is 10.0 Å². The molecule has 0 aliphatic carbocycles. The van der Waals surface area contributed by atoms with Crippen molar-refractivity contribution in [1.82, 2.24) is 14.5 Å². The molecule has 138 valence electrons. The zero-order valence-corrected chi connectivity index (χ0v) is 15.1. The molecule has 1 N–H and O–H groups in total. The first-order valence-electron chi connectivity index (χ1n) is 7.89. The van der Waals surface area contributed by atoms with Gasteiger partial charge in [0.1, 0.15) is 0 Å². The Morgan fingerprint density at radius 2 is 1.92 bits per heavy atom. The van der Waals surface area contributed by atoms with Gasteiger partial charge in [-0.05, 0) is 13.0 Å². The molecular weight excluding hydrogens is 348 g/mol. The number of nitrogens with one attached hydrogen (secondary N) is 1. The molecule has 0 unspecified atom stereocenters. The second-order valence-corrected chi connectivity index (χ2v) is 8.00. The fourth-order valence-electron chi connectivity index (χ4n) is 2.66. The summed E-state index contributed by atoms with van der Waals surface area (Å²) in [5.41, 5.74) is 0.675. The summed E-state index contributed by atoms with van der Waals surface area (Å²) in [5, 5.41) is 13.7. The van der Waals surface area contributed by atoms with E-state index in [1.54, 1.807) is 19.1 Å². The molecular formula is C15H22N4O5S. The summed E-state index contributed by atoms with van der Waals surface area (Å²) in [4.78, 5) is 24.6. The predicted octanol–water partition coefficient (Wildman–Crippen LogP) is 0.210. The van der Waals surface area contributed by atoms with Gasteiger partial charge in [-0.15, -0.1) is 0 Å². The first kappa shape index (κ1) is 19.3. The molecule has 0 aromatic heterocycles. The standard InChI is InChI=1S/C15H22N4O5S/c1-12-3-4-13(11-14(12)19(21)22)15(20)16-5-6-17-7-9-18(10-8-17)25(2,23)24/h3-4,11H,5-10H2,1-2H3,(H,16,20). The van der Waals surface area contributed by atoms with E-state index in [-0.39, 0.29) is 17.2 Å². The lowest BCUT2D eigenvalue weighted by Crippen LogP contribution is -2.49. The van der Waals surface area contributed by atoms with Gasteiger partial charge in [0.25, 0.3) is 11.6 Å². The number of hydrogen-bond acceptors (Lipinski definition) is 6. The zero-order chi connectivity index (χ0) is 18.6. The van der Waals surface area contributed by atoms with Crippen molar-refractivity contribution in [3.8, 4) is 0 Å². The molecule has 1 aliphatic rings. The van der Waals surface area contributed by atoms with Crippen molar-refractivity contribution < 1.29 is 18.1 Å². The third kappa shape index (κ3) is 5.21. The van der Waals surface area contributed by atoms with E-state index in [9.17, 15) is 23.3 Å². The number of nitro groups is 1. The van der Waals surface area contributed by atoms with E-state index in [2.05, 4.69) is 10.2 Å². The smallest absolute Gasteiger partial charge is 0.273 e. The summed E-state index contributed by atoms with van der Waals surface area (Å²) < 4.78 is 24.3. The molecule has 0 saturated carbocycles. The molecule has 1 aliphatic heterocycles. The SMILES string of the molecule is Cc1ccc(C(=O)NCCN2CCN(S(C)(=O)=O)CC2)cc1[N+](=O)[O-]. The summed E-state index contributed by atoms with van der Waals surface area (Å²) in [6, 6.07) is 4.38. The Morgan fingerprint density at radius 3 is 2.48 bits per heavy atom. The first-order valence-corrected chi connectivity index (χ1v) is 9.74. The van der Waals surface area contributed by atoms with Crippen molar-refractivity contribution in [2.24, 2.45) is 0 Å². The molecule has 9 nitrogen and oxygen atoms in total. The quantitative estimate of drug-likeness (QED) is 0.566. The number of rotatable bonds is 6. The zero-order valence-electron chi connectivity index (χ0n) is 14.3. The summed E-state index contributed by atoms with van der Waals surface area (Å²) >= 11 is 0. The third-order valence-electron chi connectivity index (χ3n) is 4.18. The number of nitrogens with zero attached hydrogens (tertiary/aromatic N) is 3. The number of piperazine rings is 1. The van der Waals surface area contributed by atoms with Gasteiger partial charge < -0.3 is 5.32 Å². The van der Waals surface area contributed by atoms with Gasteiger partial charge in [-0.25, -0.2) is 8.42 Å². The highest BCUT2D eigenvalue weighted by Crippen LogP contribution is 2.19. The third-order valence-corrected chi connectivity index (χ3v) is 5.49. The van der Waals surface area contributed by atoms with Gasteiger partial charge in [0.05, 0.1) is 11.2 Å². The van der Waals surface area contributed by atoms with Gasteiger partial charge in [-0.2, -0.15) is 4.31 Å². The minimum absolute atomic E-state index is 0.0791. The maximum Gasteiger partial charge on any atom is 0.273 e. The number of amides is 1. The predicted molar refractivity (Wildman–Crippen MR) is 93.0 cm³/mol. The molecule has 1 saturated heterocycles. The van der Waals surface area contributed by atoms with E-state index in [0.29, 0.717) is 44.8 Å². The number of sulfonamides is 1. The van der Waals surface area contributed by atoms with Gasteiger partial charge in [0.15, 0.2) is 0 Å². The van der Waals surface area contributed by atoms with Crippen LogP contribution in [-0.2, 0) is 10.0 Å². The largest absolute Gasteiger partial charge is 0.351 e. The molecule has 2 rings (SSSR count). The summed E-state index contributed by atoms with van der Waals surface area (Å²) in [7, 11) is -3.15. The van der Waals surface area contributed by atoms with Crippen LogP contribution in [0.3, 0.4) is 0 Å². The van der Waals surface area contributed by atoms with Crippen LogP contribution in [0.25, 0.3) is 0 Å². The molecule has 1 heterocycles. The number of carbonyl (C=O) groups excluding carboxylic acids is 1. The van der Waals surface area contributed by atoms with E-state index >= 15 is 0 Å². The van der Waals surface area contributed by atoms with Crippen LogP contribution < -0.4 is 5.32 Å². The average molecular weight is 370 g/mol. The van der Waals surface area contributed by atoms with Crippen LogP contribution >= 0.6 is 0 Å². The van der Waals surface area contributed by atoms with E-state index in [4.69, 9.17) is 0 Å². The van der Waals surface area contributed by atoms with Crippen LogP contribution in [0.1, 0.15) is 15.9 Å². The van der Waals surface area contributed by atoms with Gasteiger partial charge in [-0.3, -0.25) is 19.8 Å². The number of benzene rings is 1. The summed E-state index contributed by atoms with van der Waals surface area (Å²) in [6.45, 7) is 4.71. The van der Waals surface area contributed by atoms with Gasteiger partial charge >= 0.3 is 0 Å². The molecule has 1 amide bonds. The second-order valence-electron chi connectivity index (χ2n) is 6.02. The maximum absolute atomic E-state index is 12.1. The molecule has 1 fully saturated rings. The molecule has 0 atom stereocenters. The Bertz CT molecular complexity index is 757. The Morgan fingerprint density at radius 1 is 1.28 bits per heavy atom. The summed E-state index contributed by atoms with van der Waals surface area (Å²) in [6.07, 6.45) is 1.20. The average Bonchev–Trinajstić information content (AvgIpc) is 2.54. The Balaban J connectivity index is 1.82. The van der Waals surface area contributed by atoms with Crippen LogP contribution in [0.5, 0.6) is 0 Å². The lowest BCUT2D eigenvalue weighted by atomic mass is 10.1. The lowest BCUT2D eigenvalue weighted by Gasteiger charge is -2.33. The van der Waals surface area contributed by atoms with E-state index in [0.717, 1.165) is 0 Å². The Kier molecular flexibility index (Phi) is 6.09. The highest BCUT2D eigenvalue weighted by molar-refractivity contribution is 7.88. The minimum Gasteiger partial charge on any atom is -0.351 e. The highest BCUT2D eigenvalue weighted by Gasteiger charge is 2.23. The van der Waals surface area contributed by atoms with Crippen LogP contribution in [0.4, 0.5) is 5.69 Å². The fraction of sp³-hybridized carbons (Fsp3) is 0.533. The van der Waals surface area contributed by atoms with E-state index in [1.165, 1.54) is 16.6 Å². The molecule has 10 heteroatoms. The number of hydrogen-bond donors (Lipinski definition) is 1. The van der Waals surface area contributed by atoms with Crippen molar-refractivity contribution >= 4 is 21.6 Å². The van der Waals surface area contributed by atoms with Crippen molar-refractivity contribution in [3.05, 3.63) is 39.4 Å². The molecule has 0 radical (unpaired) electrons. The lowest BCUT2D eigenvalue weighted by molar-refractivity contribution is -0.385. The molecule has 1 aromatic carbocycles. The molecule has 1 aromatic rings. The topological polar surface area (TPSA) is 113 Å². The monoisotopic (exact) mass is 370 g/mol. The number of carbonyl (C=O) groups is 1. The normalized spacial score (nSPS) is 16.6. The Labute approximate surface area is 146 Å². The van der Waals surface area contributed by atoms with E-state index < -0.39 is 14.9 Å². The Hall–Kier alpha value is -2.04. The molecule has 0 bridgehead atoms. The van der Waals surface area contributed by atoms with Gasteiger partial charge in [0, 0.05) is 56.5 Å². The van der Waals surface area contributed by atoms with Gasteiger partial charge in [-0.1, -0.05) is 6.07 Å². The maximum atomic E-state index is 12.1. The van der Waals surface area contributed by atoms with Crippen LogP contribution in [0, 0.1) is 17.0 Å². The van der Waals surface area contributed by atoms with E-state index in [1.807, 2.05) is 0 Å². The van der Waals surface area contributed by atoms with Crippen molar-refractivity contribution in [1.29, 1.82) is 0 Å². The first-order chi connectivity index (χ1) is 11.7. The second kappa shape index (κ2) is 7.89. The number of aryl methyl sites for hydroxylation is 1. The summed E-state index contributed by atoms with van der Waals surface area (Å²) in [5.74, 6) is -0.363. The van der Waals surface area contributed by atoms with Crippen molar-refractivity contribution in [2.45, 2.75) is 6.92 Å². The van der Waals surface area contributed by atoms with Crippen LogP contribution in [0.2, 0.25) is 0 Å². The van der Waals surface area contributed by atoms with Crippen LogP contribution in [0.15, 0.2) is 18.2 Å². The fourth-order valence-corrected chi connectivity index (χ4v) is 3.49. The van der Waals surface area contributed by atoms with Crippen LogP contribution in [-0.4, -0.2) is 74.0 Å². The number of nitro benzene ring substituents is 1. The highest BCUT2D eigenvalue weighted by atomic mass is 32.2. The molecule has 0 spiro atoms. The molecule has 25 heavy (non-hydrogen) atoms. The van der Waals surface area contributed by atoms with Crippen molar-refractivity contribution in [2.75, 3.05) is 45.5 Å².